The van der Waals surface area contributed by atoms with Crippen LogP contribution in [0.2, 0.25) is 5.02 Å². The molecule has 1 aromatic heterocycles. The van der Waals surface area contributed by atoms with Gasteiger partial charge < -0.3 is 15.0 Å². The van der Waals surface area contributed by atoms with Gasteiger partial charge in [-0.15, -0.1) is 0 Å². The van der Waals surface area contributed by atoms with E-state index in [2.05, 4.69) is 21.2 Å². The van der Waals surface area contributed by atoms with Crippen molar-refractivity contribution in [1.82, 2.24) is 4.57 Å². The predicted octanol–water partition coefficient (Wildman–Crippen LogP) is 3.24. The fourth-order valence-electron chi connectivity index (χ4n) is 1.68. The van der Waals surface area contributed by atoms with Crippen molar-refractivity contribution in [2.45, 2.75) is 6.54 Å². The van der Waals surface area contributed by atoms with Crippen LogP contribution in [-0.4, -0.2) is 21.6 Å². The minimum Gasteiger partial charge on any atom is -0.477 e. The van der Waals surface area contributed by atoms with Crippen LogP contribution in [0.3, 0.4) is 0 Å². The van der Waals surface area contributed by atoms with Crippen molar-refractivity contribution in [1.29, 1.82) is 0 Å². The number of carboxylic acid groups (broad SMARTS) is 1. The second-order valence-electron chi connectivity index (χ2n) is 4.00. The Morgan fingerprint density at radius 3 is 2.80 bits per heavy atom. The van der Waals surface area contributed by atoms with Crippen molar-refractivity contribution < 1.29 is 14.7 Å². The van der Waals surface area contributed by atoms with Crippen molar-refractivity contribution in [3.63, 3.8) is 0 Å². The van der Waals surface area contributed by atoms with Crippen LogP contribution in [0.5, 0.6) is 0 Å². The number of aromatic carboxylic acids is 1. The number of carbonyl (C=O) groups excluding carboxylic acids is 1. The SMILES string of the molecule is O=C(Cn1cccc1C(=O)O)Nc1cc(Br)ccc1Cl. The number of nitrogens with zero attached hydrogens (tertiary/aromatic N) is 1. The first kappa shape index (κ1) is 14.6. The molecule has 0 bridgehead atoms. The second-order valence-corrected chi connectivity index (χ2v) is 5.32. The van der Waals surface area contributed by atoms with Gasteiger partial charge in [-0.25, -0.2) is 4.79 Å². The third kappa shape index (κ3) is 3.40. The van der Waals surface area contributed by atoms with Gasteiger partial charge in [-0.3, -0.25) is 4.79 Å². The molecular formula is C13H10BrClN2O3. The maximum atomic E-state index is 11.9. The first-order valence-corrected chi connectivity index (χ1v) is 6.78. The van der Waals surface area contributed by atoms with Crippen LogP contribution >= 0.6 is 27.5 Å². The van der Waals surface area contributed by atoms with Crippen molar-refractivity contribution >= 4 is 45.1 Å². The third-order valence-electron chi connectivity index (χ3n) is 2.57. The second kappa shape index (κ2) is 6.11. The van der Waals surface area contributed by atoms with Crippen molar-refractivity contribution in [2.24, 2.45) is 0 Å². The summed E-state index contributed by atoms with van der Waals surface area (Å²) in [6.45, 7) is -0.0997. The lowest BCUT2D eigenvalue weighted by molar-refractivity contribution is -0.116. The van der Waals surface area contributed by atoms with Gasteiger partial charge in [-0.05, 0) is 30.3 Å². The highest BCUT2D eigenvalue weighted by molar-refractivity contribution is 9.10. The molecule has 0 aliphatic carbocycles. The molecule has 0 saturated carbocycles. The van der Waals surface area contributed by atoms with Gasteiger partial charge in [0, 0.05) is 10.7 Å². The average Bonchev–Trinajstić information content (AvgIpc) is 2.82. The lowest BCUT2D eigenvalue weighted by atomic mass is 10.3. The molecule has 104 valence electrons. The van der Waals surface area contributed by atoms with Gasteiger partial charge in [0.1, 0.15) is 12.2 Å². The number of halogens is 2. The van der Waals surface area contributed by atoms with Crippen molar-refractivity contribution in [3.8, 4) is 0 Å². The molecule has 1 heterocycles. The van der Waals surface area contributed by atoms with Crippen LogP contribution in [0.4, 0.5) is 5.69 Å². The Morgan fingerprint density at radius 1 is 1.35 bits per heavy atom. The zero-order chi connectivity index (χ0) is 14.7. The molecule has 0 aliphatic heterocycles. The smallest absolute Gasteiger partial charge is 0.352 e. The predicted molar refractivity (Wildman–Crippen MR) is 79.2 cm³/mol. The quantitative estimate of drug-likeness (QED) is 0.882. The number of rotatable bonds is 4. The van der Waals surface area contributed by atoms with Gasteiger partial charge in [0.2, 0.25) is 5.91 Å². The maximum absolute atomic E-state index is 11.9. The molecule has 0 saturated heterocycles. The fraction of sp³-hybridized carbons (Fsp3) is 0.0769. The summed E-state index contributed by atoms with van der Waals surface area (Å²) < 4.78 is 2.13. The number of benzene rings is 1. The van der Waals surface area contributed by atoms with Crippen LogP contribution < -0.4 is 5.32 Å². The van der Waals surface area contributed by atoms with Gasteiger partial charge >= 0.3 is 5.97 Å². The van der Waals surface area contributed by atoms with E-state index in [4.69, 9.17) is 16.7 Å². The molecular weight excluding hydrogens is 348 g/mol. The Balaban J connectivity index is 2.11. The molecule has 2 rings (SSSR count). The maximum Gasteiger partial charge on any atom is 0.352 e. The van der Waals surface area contributed by atoms with Crippen LogP contribution in [0.1, 0.15) is 10.5 Å². The highest BCUT2D eigenvalue weighted by Crippen LogP contribution is 2.25. The summed E-state index contributed by atoms with van der Waals surface area (Å²) in [6, 6.07) is 8.09. The number of amides is 1. The largest absolute Gasteiger partial charge is 0.477 e. The van der Waals surface area contributed by atoms with E-state index >= 15 is 0 Å². The Hall–Kier alpha value is -1.79. The van der Waals surface area contributed by atoms with E-state index in [9.17, 15) is 9.59 Å². The first-order chi connectivity index (χ1) is 9.47. The van der Waals surface area contributed by atoms with Crippen LogP contribution in [-0.2, 0) is 11.3 Å². The Kier molecular flexibility index (Phi) is 4.46. The van der Waals surface area contributed by atoms with Gasteiger partial charge in [-0.1, -0.05) is 27.5 Å². The highest BCUT2D eigenvalue weighted by atomic mass is 79.9. The Labute approximate surface area is 128 Å². The summed E-state index contributed by atoms with van der Waals surface area (Å²) in [6.07, 6.45) is 1.53. The molecule has 2 aromatic rings. The summed E-state index contributed by atoms with van der Waals surface area (Å²) in [4.78, 5) is 22.9. The minimum absolute atomic E-state index is 0.0560. The molecule has 0 spiro atoms. The first-order valence-electron chi connectivity index (χ1n) is 5.60. The normalized spacial score (nSPS) is 10.3. The van der Waals surface area contributed by atoms with Gasteiger partial charge in [0.05, 0.1) is 10.7 Å². The van der Waals surface area contributed by atoms with Gasteiger partial charge in [0.15, 0.2) is 0 Å². The summed E-state index contributed by atoms with van der Waals surface area (Å²) in [7, 11) is 0. The minimum atomic E-state index is -1.08. The topological polar surface area (TPSA) is 71.3 Å². The molecule has 0 fully saturated rings. The van der Waals surface area contributed by atoms with Gasteiger partial charge in [0.25, 0.3) is 0 Å². The Bertz CT molecular complexity index is 669. The monoisotopic (exact) mass is 356 g/mol. The Morgan fingerprint density at radius 2 is 2.10 bits per heavy atom. The number of hydrogen-bond acceptors (Lipinski definition) is 2. The summed E-state index contributed by atoms with van der Waals surface area (Å²) in [5.41, 5.74) is 0.524. The molecule has 0 radical (unpaired) electrons. The molecule has 1 amide bonds. The van der Waals surface area contributed by atoms with Crippen molar-refractivity contribution in [2.75, 3.05) is 5.32 Å². The van der Waals surface area contributed by atoms with E-state index in [0.29, 0.717) is 10.7 Å². The molecule has 2 N–H and O–H groups in total. The number of carbonyl (C=O) groups is 2. The van der Waals surface area contributed by atoms with E-state index in [1.807, 2.05) is 0 Å². The van der Waals surface area contributed by atoms with Gasteiger partial charge in [-0.2, -0.15) is 0 Å². The van der Waals surface area contributed by atoms with Crippen LogP contribution in [0, 0.1) is 0 Å². The number of anilines is 1. The fourth-order valence-corrected chi connectivity index (χ4v) is 2.21. The molecule has 0 aliphatic rings. The number of nitrogens with one attached hydrogen (secondary N) is 1. The molecule has 1 aromatic carbocycles. The van der Waals surface area contributed by atoms with Crippen LogP contribution in [0.25, 0.3) is 0 Å². The van der Waals surface area contributed by atoms with E-state index in [1.54, 1.807) is 24.3 Å². The number of hydrogen-bond donors (Lipinski definition) is 2. The van der Waals surface area contributed by atoms with Crippen molar-refractivity contribution in [3.05, 3.63) is 51.7 Å². The molecule has 0 unspecified atom stereocenters. The highest BCUT2D eigenvalue weighted by Gasteiger charge is 2.12. The standard InChI is InChI=1S/C13H10BrClN2O3/c14-8-3-4-9(15)10(6-8)16-12(18)7-17-5-1-2-11(17)13(19)20/h1-6H,7H2,(H,16,18)(H,19,20). The number of carboxylic acids is 1. The van der Waals surface area contributed by atoms with E-state index in [0.717, 1.165) is 4.47 Å². The zero-order valence-corrected chi connectivity index (χ0v) is 12.5. The summed E-state index contributed by atoms with van der Waals surface area (Å²) in [5.74, 6) is -1.44. The van der Waals surface area contributed by atoms with E-state index in [-0.39, 0.29) is 18.1 Å². The number of aromatic nitrogens is 1. The van der Waals surface area contributed by atoms with E-state index in [1.165, 1.54) is 16.8 Å². The molecule has 7 heteroatoms. The molecule has 5 nitrogen and oxygen atoms in total. The molecule has 0 atom stereocenters. The average molecular weight is 358 g/mol. The lowest BCUT2D eigenvalue weighted by Gasteiger charge is -2.09. The zero-order valence-electron chi connectivity index (χ0n) is 10.1. The van der Waals surface area contributed by atoms with Crippen LogP contribution in [0.15, 0.2) is 41.0 Å². The summed E-state index contributed by atoms with van der Waals surface area (Å²) in [5, 5.41) is 12.0. The third-order valence-corrected chi connectivity index (χ3v) is 3.39. The van der Waals surface area contributed by atoms with E-state index < -0.39 is 5.97 Å². The molecule has 20 heavy (non-hydrogen) atoms. The summed E-state index contributed by atoms with van der Waals surface area (Å²) >= 11 is 9.25. The lowest BCUT2D eigenvalue weighted by Crippen LogP contribution is -2.21.